The van der Waals surface area contributed by atoms with E-state index in [1.165, 1.54) is 6.21 Å². The van der Waals surface area contributed by atoms with Gasteiger partial charge in [0.2, 0.25) is 17.7 Å². The van der Waals surface area contributed by atoms with Gasteiger partial charge in [0, 0.05) is 112 Å². The number of piperazine rings is 1. The van der Waals surface area contributed by atoms with Gasteiger partial charge in [-0.05, 0) is 106 Å². The van der Waals surface area contributed by atoms with Crippen molar-refractivity contribution in [3.63, 3.8) is 0 Å². The highest BCUT2D eigenvalue weighted by Gasteiger charge is 2.45. The summed E-state index contributed by atoms with van der Waals surface area (Å²) in [4.78, 5) is 99.9. The summed E-state index contributed by atoms with van der Waals surface area (Å²) in [7, 11) is 0. The number of ketones is 2. The Morgan fingerprint density at radius 3 is 2.45 bits per heavy atom. The van der Waals surface area contributed by atoms with E-state index in [0.717, 1.165) is 59.2 Å². The zero-order valence-electron chi connectivity index (χ0n) is 38.8. The van der Waals surface area contributed by atoms with Crippen LogP contribution in [0.1, 0.15) is 115 Å². The maximum Gasteiger partial charge on any atom is 0.262 e. The summed E-state index contributed by atoms with van der Waals surface area (Å²) in [6, 6.07) is 11.9. The maximum atomic E-state index is 13.8. The van der Waals surface area contributed by atoms with Crippen molar-refractivity contribution in [2.45, 2.75) is 91.1 Å². The Morgan fingerprint density at radius 1 is 0.955 bits per heavy atom. The van der Waals surface area contributed by atoms with Gasteiger partial charge in [-0.3, -0.25) is 48.7 Å². The number of Topliss-reactive ketones (excluding diaryl/α,β-unsaturated/α-hetero) is 2. The molecule has 1 atom stereocenters. The van der Waals surface area contributed by atoms with Crippen molar-refractivity contribution < 1.29 is 38.3 Å². The molecule has 1 aliphatic carbocycles. The number of pyridine rings is 1. The van der Waals surface area contributed by atoms with Gasteiger partial charge in [0.15, 0.2) is 11.6 Å². The Bertz CT molecular complexity index is 2520. The molecule has 4 heterocycles. The van der Waals surface area contributed by atoms with Gasteiger partial charge in [-0.2, -0.15) is 0 Å². The van der Waals surface area contributed by atoms with Gasteiger partial charge in [-0.1, -0.05) is 23.8 Å². The predicted molar refractivity (Wildman–Crippen MR) is 254 cm³/mol. The number of allylic oxidation sites excluding steroid dienone is 4. The second-order valence-corrected chi connectivity index (χ2v) is 17.9. The molecule has 1 aromatic heterocycles. The molecule has 3 aromatic rings. The summed E-state index contributed by atoms with van der Waals surface area (Å²) in [5.41, 5.74) is 7.17. The van der Waals surface area contributed by atoms with E-state index in [4.69, 9.17) is 15.1 Å². The van der Waals surface area contributed by atoms with Crippen molar-refractivity contribution in [3.05, 3.63) is 99.3 Å². The zero-order chi connectivity index (χ0) is 47.8. The fourth-order valence-electron chi connectivity index (χ4n) is 9.25. The van der Waals surface area contributed by atoms with Crippen LogP contribution in [0.25, 0.3) is 11.1 Å². The van der Waals surface area contributed by atoms with Crippen LogP contribution in [0.4, 0.5) is 11.5 Å². The van der Waals surface area contributed by atoms with E-state index in [-0.39, 0.29) is 66.9 Å². The van der Waals surface area contributed by atoms with Gasteiger partial charge < -0.3 is 25.7 Å². The standard InChI is InChI=1S/C51H60N8O8/c1-31(2)55-41-28-36(27-39(40(41)29-52)43(60)13-11-37-33(4)25-32(3)26-44(37)61)35-10-14-45(54-30-35)58-21-19-57(20-22-58)18-17-53-46(62)16-24-67-23-6-8-34-7-5-9-38-48(34)51(66)59(50(38)65)42-12-15-47(63)56-49(42)64/h5,7,9-10,14,25,27-31,42,52,55H,6,8,11-13,15-24,26H2,1-4H3,(H,53,62)(H,56,63,64). The molecule has 0 bridgehead atoms. The maximum absolute atomic E-state index is 13.8. The van der Waals surface area contributed by atoms with E-state index in [9.17, 15) is 33.6 Å². The Hall–Kier alpha value is -6.65. The molecule has 5 amide bonds. The number of aromatic nitrogens is 1. The van der Waals surface area contributed by atoms with Crippen LogP contribution in [-0.4, -0.2) is 127 Å². The molecule has 0 radical (unpaired) electrons. The van der Waals surface area contributed by atoms with E-state index in [1.54, 1.807) is 18.2 Å². The minimum absolute atomic E-state index is 0.0591. The average molecular weight is 913 g/mol. The van der Waals surface area contributed by atoms with Gasteiger partial charge in [0.05, 0.1) is 17.7 Å². The van der Waals surface area contributed by atoms with Crippen LogP contribution >= 0.6 is 0 Å². The minimum Gasteiger partial charge on any atom is -0.382 e. The number of aryl methyl sites for hydroxylation is 1. The lowest BCUT2D eigenvalue weighted by Gasteiger charge is -2.35. The molecule has 16 nitrogen and oxygen atoms in total. The van der Waals surface area contributed by atoms with Gasteiger partial charge in [-0.15, -0.1) is 0 Å². The van der Waals surface area contributed by atoms with Crippen molar-refractivity contribution in [1.29, 1.82) is 5.41 Å². The second-order valence-electron chi connectivity index (χ2n) is 17.9. The van der Waals surface area contributed by atoms with Crippen molar-refractivity contribution in [2.24, 2.45) is 0 Å². The van der Waals surface area contributed by atoms with Crippen LogP contribution in [-0.2, 0) is 30.3 Å². The lowest BCUT2D eigenvalue weighted by molar-refractivity contribution is -0.136. The highest BCUT2D eigenvalue weighted by Crippen LogP contribution is 2.33. The van der Waals surface area contributed by atoms with Gasteiger partial charge in [-0.25, -0.2) is 4.98 Å². The number of piperidine rings is 1. The number of rotatable bonds is 20. The van der Waals surface area contributed by atoms with E-state index < -0.39 is 29.7 Å². The van der Waals surface area contributed by atoms with E-state index in [1.807, 2.05) is 64.2 Å². The molecule has 67 heavy (non-hydrogen) atoms. The number of nitrogens with one attached hydrogen (secondary N) is 4. The van der Waals surface area contributed by atoms with E-state index in [0.29, 0.717) is 73.3 Å². The minimum atomic E-state index is -1.02. The molecule has 0 spiro atoms. The number of fused-ring (bicyclic) bond motifs is 1. The third-order valence-electron chi connectivity index (χ3n) is 12.7. The van der Waals surface area contributed by atoms with Crippen LogP contribution in [0.3, 0.4) is 0 Å². The lowest BCUT2D eigenvalue weighted by atomic mass is 9.88. The molecule has 2 saturated heterocycles. The SMILES string of the molecule is CC1=CC(C)=C(CCC(=O)c2cc(-c3ccc(N4CCN(CCNC(=O)CCOCCCc5cccc6c5C(=O)N(C5CCC(=O)NC5=O)C6=O)CC4)nc3)cc(NC(C)C)c2C=N)C(=O)C1. The number of hydrogen-bond acceptors (Lipinski definition) is 13. The summed E-state index contributed by atoms with van der Waals surface area (Å²) < 4.78 is 5.73. The highest BCUT2D eigenvalue weighted by molar-refractivity contribution is 6.24. The Labute approximate surface area is 391 Å². The largest absolute Gasteiger partial charge is 0.382 e. The number of amides is 5. The van der Waals surface area contributed by atoms with Crippen LogP contribution in [0, 0.1) is 5.41 Å². The molecule has 0 saturated carbocycles. The van der Waals surface area contributed by atoms with Gasteiger partial charge in [0.25, 0.3) is 11.8 Å². The topological polar surface area (TPSA) is 211 Å². The number of carbonyl (C=O) groups excluding carboxylic acids is 7. The van der Waals surface area contributed by atoms with Crippen molar-refractivity contribution in [1.82, 2.24) is 25.4 Å². The molecule has 3 aliphatic heterocycles. The molecule has 352 valence electrons. The number of hydrogen-bond donors (Lipinski definition) is 4. The fraction of sp³-hybridized carbons (Fsp3) is 0.431. The molecule has 4 N–H and O–H groups in total. The molecule has 7 rings (SSSR count). The number of imide groups is 2. The molecular formula is C51H60N8O8. The average Bonchev–Trinajstić information content (AvgIpc) is 3.55. The van der Waals surface area contributed by atoms with E-state index in [2.05, 4.69) is 25.8 Å². The molecule has 2 aromatic carbocycles. The number of ether oxygens (including phenoxy) is 1. The highest BCUT2D eigenvalue weighted by atomic mass is 16.5. The lowest BCUT2D eigenvalue weighted by Crippen LogP contribution is -2.54. The first-order chi connectivity index (χ1) is 32.2. The first-order valence-electron chi connectivity index (χ1n) is 23.2. The third kappa shape index (κ3) is 11.5. The fourth-order valence-corrected chi connectivity index (χ4v) is 9.25. The number of anilines is 2. The molecular weight excluding hydrogens is 853 g/mol. The molecule has 16 heteroatoms. The van der Waals surface area contributed by atoms with Gasteiger partial charge in [0.1, 0.15) is 11.9 Å². The van der Waals surface area contributed by atoms with E-state index >= 15 is 0 Å². The van der Waals surface area contributed by atoms with Gasteiger partial charge >= 0.3 is 0 Å². The normalized spacial score (nSPS) is 17.8. The Morgan fingerprint density at radius 2 is 1.75 bits per heavy atom. The van der Waals surface area contributed by atoms with Crippen LogP contribution < -0.4 is 20.9 Å². The molecule has 2 fully saturated rings. The predicted octanol–water partition coefficient (Wildman–Crippen LogP) is 5.44. The molecule has 1 unspecified atom stereocenters. The monoisotopic (exact) mass is 912 g/mol. The Kier molecular flexibility index (Phi) is 15.7. The van der Waals surface area contributed by atoms with Crippen LogP contribution in [0.2, 0.25) is 0 Å². The summed E-state index contributed by atoms with van der Waals surface area (Å²) >= 11 is 0. The molecule has 4 aliphatic rings. The summed E-state index contributed by atoms with van der Waals surface area (Å²) in [6.07, 6.45) is 7.35. The first-order valence-corrected chi connectivity index (χ1v) is 23.2. The summed E-state index contributed by atoms with van der Waals surface area (Å²) in [5, 5.41) is 16.8. The Balaban J connectivity index is 0.828. The van der Waals surface area contributed by atoms with Crippen molar-refractivity contribution >= 4 is 58.8 Å². The summed E-state index contributed by atoms with van der Waals surface area (Å²) in [6.45, 7) is 12.8. The summed E-state index contributed by atoms with van der Waals surface area (Å²) in [5.74, 6) is -1.43. The van der Waals surface area contributed by atoms with Crippen molar-refractivity contribution in [2.75, 3.05) is 62.7 Å². The smallest absolute Gasteiger partial charge is 0.262 e. The van der Waals surface area contributed by atoms with Crippen LogP contribution in [0.5, 0.6) is 0 Å². The zero-order valence-corrected chi connectivity index (χ0v) is 38.8. The number of benzene rings is 2. The third-order valence-corrected chi connectivity index (χ3v) is 12.7. The second kappa shape index (κ2) is 21.8. The van der Waals surface area contributed by atoms with Crippen LogP contribution in [0.15, 0.2) is 71.5 Å². The first kappa shape index (κ1) is 48.3. The van der Waals surface area contributed by atoms with Crippen molar-refractivity contribution in [3.8, 4) is 11.1 Å². The quantitative estimate of drug-likeness (QED) is 0.0483. The number of carbonyl (C=O) groups is 7. The number of nitrogens with zero attached hydrogens (tertiary/aromatic N) is 4.